The molecule has 2 saturated heterocycles. The third-order valence-electron chi connectivity index (χ3n) is 6.20. The van der Waals surface area contributed by atoms with Crippen molar-refractivity contribution in [2.24, 2.45) is 0 Å². The molecule has 1 atom stereocenters. The number of benzene rings is 2. The molecule has 154 valence electrons. The number of hydrogen-bond acceptors (Lipinski definition) is 4. The molecule has 0 bridgehead atoms. The highest BCUT2D eigenvalue weighted by atomic mass is 16.5. The number of carbonyl (C=O) groups is 1. The maximum Gasteiger partial charge on any atom is 0.236 e. The van der Waals surface area contributed by atoms with Gasteiger partial charge >= 0.3 is 0 Å². The van der Waals surface area contributed by atoms with Gasteiger partial charge in [-0.25, -0.2) is 0 Å². The van der Waals surface area contributed by atoms with Crippen LogP contribution in [0.3, 0.4) is 0 Å². The zero-order chi connectivity index (χ0) is 20.2. The molecule has 2 heterocycles. The smallest absolute Gasteiger partial charge is 0.236 e. The Balaban J connectivity index is 1.33. The molecule has 5 heteroatoms. The number of likely N-dealkylation sites (tertiary alicyclic amines) is 1. The van der Waals surface area contributed by atoms with E-state index in [1.165, 1.54) is 16.8 Å². The van der Waals surface area contributed by atoms with Crippen LogP contribution in [0, 0.1) is 6.92 Å². The molecule has 2 aliphatic heterocycles. The van der Waals surface area contributed by atoms with Crippen LogP contribution in [0.15, 0.2) is 48.5 Å². The third-order valence-corrected chi connectivity index (χ3v) is 6.20. The maximum absolute atomic E-state index is 13.0. The minimum atomic E-state index is 0.259. The van der Waals surface area contributed by atoms with Crippen molar-refractivity contribution in [3.05, 3.63) is 59.7 Å². The van der Waals surface area contributed by atoms with Crippen molar-refractivity contribution in [2.45, 2.75) is 25.8 Å². The standard InChI is InChI=1S/C24H31N3O2/c1-19-5-3-6-21(17-19)25-13-15-26(16-14-25)24(28)18-27-12-4-7-23(27)20-8-10-22(29-2)11-9-20/h3,5-6,8-11,17,23H,4,7,12-16,18H2,1-2H3/t23-/m1/s1. The Hall–Kier alpha value is -2.53. The minimum Gasteiger partial charge on any atom is -0.497 e. The van der Waals surface area contributed by atoms with Crippen LogP contribution in [-0.4, -0.2) is 62.1 Å². The lowest BCUT2D eigenvalue weighted by atomic mass is 10.0. The molecular weight excluding hydrogens is 362 g/mol. The van der Waals surface area contributed by atoms with Gasteiger partial charge < -0.3 is 14.5 Å². The summed E-state index contributed by atoms with van der Waals surface area (Å²) < 4.78 is 5.27. The molecule has 0 aromatic heterocycles. The van der Waals surface area contributed by atoms with Crippen LogP contribution in [0.4, 0.5) is 5.69 Å². The minimum absolute atomic E-state index is 0.259. The van der Waals surface area contributed by atoms with Crippen molar-refractivity contribution in [2.75, 3.05) is 51.3 Å². The van der Waals surface area contributed by atoms with Gasteiger partial charge in [0.15, 0.2) is 0 Å². The summed E-state index contributed by atoms with van der Waals surface area (Å²) >= 11 is 0. The first kappa shape index (κ1) is 19.8. The molecule has 0 unspecified atom stereocenters. The Labute approximate surface area is 173 Å². The van der Waals surface area contributed by atoms with Crippen LogP contribution in [0.5, 0.6) is 5.75 Å². The molecule has 0 spiro atoms. The molecule has 5 nitrogen and oxygen atoms in total. The van der Waals surface area contributed by atoms with Crippen LogP contribution < -0.4 is 9.64 Å². The van der Waals surface area contributed by atoms with E-state index in [1.807, 2.05) is 17.0 Å². The lowest BCUT2D eigenvalue weighted by Crippen LogP contribution is -2.51. The summed E-state index contributed by atoms with van der Waals surface area (Å²) in [5.74, 6) is 1.13. The van der Waals surface area contributed by atoms with Gasteiger partial charge in [0.05, 0.1) is 13.7 Å². The largest absolute Gasteiger partial charge is 0.497 e. The van der Waals surface area contributed by atoms with Crippen LogP contribution in [-0.2, 0) is 4.79 Å². The maximum atomic E-state index is 13.0. The van der Waals surface area contributed by atoms with Gasteiger partial charge in [0, 0.05) is 37.9 Å². The van der Waals surface area contributed by atoms with Gasteiger partial charge in [-0.1, -0.05) is 24.3 Å². The fourth-order valence-corrected chi connectivity index (χ4v) is 4.53. The van der Waals surface area contributed by atoms with Crippen LogP contribution in [0.1, 0.15) is 30.0 Å². The Morgan fingerprint density at radius 2 is 1.79 bits per heavy atom. The fourth-order valence-electron chi connectivity index (χ4n) is 4.53. The van der Waals surface area contributed by atoms with E-state index in [4.69, 9.17) is 4.74 Å². The van der Waals surface area contributed by atoms with E-state index >= 15 is 0 Å². The normalized spacial score (nSPS) is 20.1. The van der Waals surface area contributed by atoms with Crippen molar-refractivity contribution in [1.82, 2.24) is 9.80 Å². The van der Waals surface area contributed by atoms with Gasteiger partial charge in [-0.15, -0.1) is 0 Å². The molecule has 0 aliphatic carbocycles. The average molecular weight is 394 g/mol. The number of amides is 1. The highest BCUT2D eigenvalue weighted by Crippen LogP contribution is 2.32. The number of carbonyl (C=O) groups excluding carboxylic acids is 1. The summed E-state index contributed by atoms with van der Waals surface area (Å²) in [6.07, 6.45) is 2.26. The van der Waals surface area contributed by atoms with E-state index < -0.39 is 0 Å². The zero-order valence-corrected chi connectivity index (χ0v) is 17.5. The topological polar surface area (TPSA) is 36.0 Å². The molecule has 2 aliphatic rings. The zero-order valence-electron chi connectivity index (χ0n) is 17.5. The van der Waals surface area contributed by atoms with Gasteiger partial charge in [0.25, 0.3) is 0 Å². The molecule has 2 aromatic rings. The quantitative estimate of drug-likeness (QED) is 0.779. The van der Waals surface area contributed by atoms with E-state index in [0.29, 0.717) is 12.6 Å². The molecule has 4 rings (SSSR count). The predicted molar refractivity (Wildman–Crippen MR) is 117 cm³/mol. The van der Waals surface area contributed by atoms with Gasteiger partial charge in [-0.2, -0.15) is 0 Å². The first-order chi connectivity index (χ1) is 14.1. The van der Waals surface area contributed by atoms with Crippen molar-refractivity contribution in [3.8, 4) is 5.75 Å². The van der Waals surface area contributed by atoms with Crippen molar-refractivity contribution in [1.29, 1.82) is 0 Å². The summed E-state index contributed by atoms with van der Waals surface area (Å²) in [4.78, 5) is 19.7. The van der Waals surface area contributed by atoms with Crippen LogP contribution in [0.2, 0.25) is 0 Å². The summed E-state index contributed by atoms with van der Waals surface area (Å²) in [6, 6.07) is 17.2. The second-order valence-electron chi connectivity index (χ2n) is 8.11. The summed E-state index contributed by atoms with van der Waals surface area (Å²) in [5, 5.41) is 0. The van der Waals surface area contributed by atoms with Crippen LogP contribution >= 0.6 is 0 Å². The molecule has 2 fully saturated rings. The number of rotatable bonds is 5. The van der Waals surface area contributed by atoms with Crippen molar-refractivity contribution >= 4 is 11.6 Å². The Morgan fingerprint density at radius 3 is 2.48 bits per heavy atom. The molecule has 2 aromatic carbocycles. The van der Waals surface area contributed by atoms with Gasteiger partial charge in [-0.3, -0.25) is 9.69 Å². The number of nitrogens with zero attached hydrogens (tertiary/aromatic N) is 3. The highest BCUT2D eigenvalue weighted by Gasteiger charge is 2.30. The number of piperazine rings is 1. The second-order valence-corrected chi connectivity index (χ2v) is 8.11. The Bertz CT molecular complexity index is 828. The van der Waals surface area contributed by atoms with Gasteiger partial charge in [-0.05, 0) is 61.7 Å². The summed E-state index contributed by atoms with van der Waals surface area (Å²) in [6.45, 7) is 7.03. The Morgan fingerprint density at radius 1 is 1.03 bits per heavy atom. The number of aryl methyl sites for hydroxylation is 1. The van der Waals surface area contributed by atoms with Gasteiger partial charge in [0.2, 0.25) is 5.91 Å². The SMILES string of the molecule is COc1ccc([C@H]2CCCN2CC(=O)N2CCN(c3cccc(C)c3)CC2)cc1. The lowest BCUT2D eigenvalue weighted by Gasteiger charge is -2.37. The fraction of sp³-hybridized carbons (Fsp3) is 0.458. The number of anilines is 1. The molecule has 0 saturated carbocycles. The van der Waals surface area contributed by atoms with E-state index in [1.54, 1.807) is 7.11 Å². The summed E-state index contributed by atoms with van der Waals surface area (Å²) in [5.41, 5.74) is 3.82. The lowest BCUT2D eigenvalue weighted by molar-refractivity contribution is -0.133. The number of methoxy groups -OCH3 is 1. The molecule has 1 amide bonds. The second kappa shape index (κ2) is 8.87. The van der Waals surface area contributed by atoms with Crippen LogP contribution in [0.25, 0.3) is 0 Å². The highest BCUT2D eigenvalue weighted by molar-refractivity contribution is 5.78. The van der Waals surface area contributed by atoms with E-state index in [0.717, 1.165) is 51.3 Å². The Kier molecular flexibility index (Phi) is 6.05. The van der Waals surface area contributed by atoms with Crippen molar-refractivity contribution < 1.29 is 9.53 Å². The first-order valence-electron chi connectivity index (χ1n) is 10.6. The molecule has 0 radical (unpaired) electrons. The van der Waals surface area contributed by atoms with E-state index in [9.17, 15) is 4.79 Å². The third kappa shape index (κ3) is 4.56. The molecular formula is C24H31N3O2. The first-order valence-corrected chi connectivity index (χ1v) is 10.6. The molecule has 0 N–H and O–H groups in total. The van der Waals surface area contributed by atoms with E-state index in [-0.39, 0.29) is 5.91 Å². The van der Waals surface area contributed by atoms with Gasteiger partial charge in [0.1, 0.15) is 5.75 Å². The number of hydrogen-bond donors (Lipinski definition) is 0. The number of ether oxygens (including phenoxy) is 1. The summed E-state index contributed by atoms with van der Waals surface area (Å²) in [7, 11) is 1.69. The predicted octanol–water partition coefficient (Wildman–Crippen LogP) is 3.49. The average Bonchev–Trinajstić information content (AvgIpc) is 3.22. The monoisotopic (exact) mass is 393 g/mol. The molecule has 29 heavy (non-hydrogen) atoms. The van der Waals surface area contributed by atoms with E-state index in [2.05, 4.69) is 53.1 Å². The van der Waals surface area contributed by atoms with Crippen molar-refractivity contribution in [3.63, 3.8) is 0 Å².